The van der Waals surface area contributed by atoms with Gasteiger partial charge in [-0.3, -0.25) is 14.3 Å². The van der Waals surface area contributed by atoms with E-state index in [1.165, 1.54) is 19.4 Å². The Hall–Kier alpha value is -2.23. The van der Waals surface area contributed by atoms with E-state index in [2.05, 4.69) is 9.72 Å². The highest BCUT2D eigenvalue weighted by atomic mass is 16.5. The fourth-order valence-electron chi connectivity index (χ4n) is 2.11. The van der Waals surface area contributed by atoms with Gasteiger partial charge in [0, 0.05) is 18.7 Å². The van der Waals surface area contributed by atoms with Gasteiger partial charge in [0.1, 0.15) is 12.3 Å². The van der Waals surface area contributed by atoms with Crippen molar-refractivity contribution in [3.8, 4) is 0 Å². The number of hydrogen-bond acceptors (Lipinski definition) is 7. The Morgan fingerprint density at radius 3 is 2.91 bits per heavy atom. The lowest BCUT2D eigenvalue weighted by molar-refractivity contribution is -0.134. The second-order valence-corrected chi connectivity index (χ2v) is 4.72. The van der Waals surface area contributed by atoms with Crippen molar-refractivity contribution in [1.82, 2.24) is 9.55 Å². The van der Waals surface area contributed by atoms with E-state index in [1.807, 2.05) is 0 Å². The molecule has 2 rings (SSSR count). The lowest BCUT2D eigenvalue weighted by Crippen LogP contribution is -2.33. The molecule has 0 spiro atoms. The number of H-pyrrole nitrogens is 1. The highest BCUT2D eigenvalue weighted by molar-refractivity contribution is 5.86. The normalized spacial score (nSPS) is 24.8. The number of aromatic nitrogens is 2. The number of rotatable bonds is 4. The molecule has 9 heteroatoms. The Morgan fingerprint density at radius 1 is 1.59 bits per heavy atom. The average Bonchev–Trinajstić information content (AvgIpc) is 2.86. The predicted molar refractivity (Wildman–Crippen MR) is 74.0 cm³/mol. The molecule has 1 aromatic rings. The van der Waals surface area contributed by atoms with Crippen molar-refractivity contribution in [2.75, 3.05) is 13.7 Å². The molecule has 1 aliphatic heterocycles. The minimum absolute atomic E-state index is 0.0514. The number of nitrogens with zero attached hydrogens (tertiary/aromatic N) is 1. The van der Waals surface area contributed by atoms with E-state index in [1.54, 1.807) is 0 Å². The summed E-state index contributed by atoms with van der Waals surface area (Å²) in [5, 5.41) is 18.7. The molecule has 0 aliphatic carbocycles. The van der Waals surface area contributed by atoms with Crippen LogP contribution in [0.25, 0.3) is 6.08 Å². The SMILES string of the molecule is COC(=O)/C=C/c1cn([C@H]2C[C@H](O)[C@@H](CO)O2)c(=O)[nH]c1=O. The van der Waals surface area contributed by atoms with E-state index in [4.69, 9.17) is 9.84 Å². The number of carbonyl (C=O) groups is 1. The number of carbonyl (C=O) groups excluding carboxylic acids is 1. The smallest absolute Gasteiger partial charge is 0.330 e. The van der Waals surface area contributed by atoms with Crippen molar-refractivity contribution >= 4 is 12.0 Å². The van der Waals surface area contributed by atoms with Crippen LogP contribution >= 0.6 is 0 Å². The summed E-state index contributed by atoms with van der Waals surface area (Å²) in [4.78, 5) is 36.7. The molecule has 22 heavy (non-hydrogen) atoms. The van der Waals surface area contributed by atoms with Crippen LogP contribution in [0.15, 0.2) is 21.9 Å². The molecule has 0 saturated carbocycles. The lowest BCUT2D eigenvalue weighted by Gasteiger charge is -2.14. The molecule has 0 bridgehead atoms. The van der Waals surface area contributed by atoms with E-state index in [0.717, 1.165) is 10.6 Å². The van der Waals surface area contributed by atoms with E-state index < -0.39 is 35.7 Å². The summed E-state index contributed by atoms with van der Waals surface area (Å²) < 4.78 is 10.9. The van der Waals surface area contributed by atoms with Crippen molar-refractivity contribution in [2.24, 2.45) is 0 Å². The first-order valence-electron chi connectivity index (χ1n) is 6.52. The summed E-state index contributed by atoms with van der Waals surface area (Å²) >= 11 is 0. The van der Waals surface area contributed by atoms with Crippen molar-refractivity contribution in [3.05, 3.63) is 38.7 Å². The molecule has 0 aromatic carbocycles. The fourth-order valence-corrected chi connectivity index (χ4v) is 2.11. The van der Waals surface area contributed by atoms with Crippen molar-refractivity contribution in [1.29, 1.82) is 0 Å². The second-order valence-electron chi connectivity index (χ2n) is 4.72. The van der Waals surface area contributed by atoms with Crippen LogP contribution in [0.2, 0.25) is 0 Å². The summed E-state index contributed by atoms with van der Waals surface area (Å²) in [5.41, 5.74) is -1.33. The number of aliphatic hydroxyl groups is 2. The maximum absolute atomic E-state index is 11.8. The Kier molecular flexibility index (Phi) is 4.91. The second kappa shape index (κ2) is 6.69. The third-order valence-corrected chi connectivity index (χ3v) is 3.29. The molecule has 1 aliphatic rings. The fraction of sp³-hybridized carbons (Fsp3) is 0.462. The number of hydrogen-bond donors (Lipinski definition) is 3. The third-order valence-electron chi connectivity index (χ3n) is 3.29. The minimum atomic E-state index is -0.914. The van der Waals surface area contributed by atoms with Gasteiger partial charge in [-0.2, -0.15) is 0 Å². The van der Waals surface area contributed by atoms with Gasteiger partial charge in [-0.1, -0.05) is 0 Å². The number of ether oxygens (including phenoxy) is 2. The monoisotopic (exact) mass is 312 g/mol. The van der Waals surface area contributed by atoms with Gasteiger partial charge in [0.05, 0.1) is 25.4 Å². The first kappa shape index (κ1) is 16.1. The van der Waals surface area contributed by atoms with Crippen LogP contribution in [0.4, 0.5) is 0 Å². The molecule has 1 aromatic heterocycles. The Bertz CT molecular complexity index is 690. The average molecular weight is 312 g/mol. The molecule has 2 heterocycles. The van der Waals surface area contributed by atoms with Gasteiger partial charge in [-0.15, -0.1) is 0 Å². The highest BCUT2D eigenvalue weighted by Crippen LogP contribution is 2.27. The molecule has 1 saturated heterocycles. The Labute approximate surface area is 124 Å². The molecule has 3 N–H and O–H groups in total. The molecule has 0 unspecified atom stereocenters. The van der Waals surface area contributed by atoms with Crippen LogP contribution in [0.3, 0.4) is 0 Å². The number of esters is 1. The number of methoxy groups -OCH3 is 1. The molecule has 0 amide bonds. The Balaban J connectivity index is 2.33. The molecule has 120 valence electrons. The predicted octanol–water partition coefficient (Wildman–Crippen LogP) is -1.64. The van der Waals surface area contributed by atoms with E-state index in [-0.39, 0.29) is 18.6 Å². The molecule has 9 nitrogen and oxygen atoms in total. The zero-order valence-electron chi connectivity index (χ0n) is 11.8. The van der Waals surface area contributed by atoms with Crippen LogP contribution in [0.5, 0.6) is 0 Å². The number of aromatic amines is 1. The van der Waals surface area contributed by atoms with Crippen LogP contribution in [0.1, 0.15) is 18.2 Å². The van der Waals surface area contributed by atoms with Gasteiger partial charge >= 0.3 is 11.7 Å². The van der Waals surface area contributed by atoms with Crippen LogP contribution in [0, 0.1) is 0 Å². The van der Waals surface area contributed by atoms with Gasteiger partial charge < -0.3 is 19.7 Å². The quantitative estimate of drug-likeness (QED) is 0.449. The summed E-state index contributed by atoms with van der Waals surface area (Å²) in [6.07, 6.45) is 1.03. The minimum Gasteiger partial charge on any atom is -0.466 e. The molecule has 0 radical (unpaired) electrons. The summed E-state index contributed by atoms with van der Waals surface area (Å²) in [7, 11) is 1.20. The third kappa shape index (κ3) is 3.32. The maximum atomic E-state index is 11.8. The van der Waals surface area contributed by atoms with Crippen molar-refractivity contribution in [2.45, 2.75) is 24.9 Å². The van der Waals surface area contributed by atoms with Crippen molar-refractivity contribution in [3.63, 3.8) is 0 Å². The maximum Gasteiger partial charge on any atom is 0.330 e. The van der Waals surface area contributed by atoms with Crippen LogP contribution < -0.4 is 11.2 Å². The number of aliphatic hydroxyl groups excluding tert-OH is 2. The van der Waals surface area contributed by atoms with Crippen LogP contribution in [-0.4, -0.2) is 51.7 Å². The van der Waals surface area contributed by atoms with Gasteiger partial charge in [-0.05, 0) is 6.08 Å². The number of nitrogens with one attached hydrogen (secondary N) is 1. The van der Waals surface area contributed by atoms with E-state index in [0.29, 0.717) is 0 Å². The van der Waals surface area contributed by atoms with E-state index in [9.17, 15) is 19.5 Å². The standard InChI is InChI=1S/C13H16N2O7/c1-21-11(18)3-2-7-5-15(13(20)14-12(7)19)10-4-8(17)9(6-16)22-10/h2-3,5,8-10,16-17H,4,6H2,1H3,(H,14,19,20)/b3-2+/t8-,9+,10+/m0/s1. The first-order chi connectivity index (χ1) is 10.5. The van der Waals surface area contributed by atoms with E-state index >= 15 is 0 Å². The summed E-state index contributed by atoms with van der Waals surface area (Å²) in [6, 6.07) is 0. The molecular formula is C13H16N2O7. The first-order valence-corrected chi connectivity index (χ1v) is 6.52. The van der Waals surface area contributed by atoms with Crippen molar-refractivity contribution < 1.29 is 24.5 Å². The zero-order valence-corrected chi connectivity index (χ0v) is 11.8. The molecular weight excluding hydrogens is 296 g/mol. The lowest BCUT2D eigenvalue weighted by atomic mass is 10.2. The zero-order chi connectivity index (χ0) is 16.3. The molecule has 1 fully saturated rings. The van der Waals surface area contributed by atoms with Gasteiger partial charge in [0.2, 0.25) is 0 Å². The van der Waals surface area contributed by atoms with Gasteiger partial charge in [0.15, 0.2) is 0 Å². The summed E-state index contributed by atoms with van der Waals surface area (Å²) in [5.74, 6) is -0.648. The molecule has 3 atom stereocenters. The Morgan fingerprint density at radius 2 is 2.32 bits per heavy atom. The van der Waals surface area contributed by atoms with Crippen LogP contribution in [-0.2, 0) is 14.3 Å². The summed E-state index contributed by atoms with van der Waals surface area (Å²) in [6.45, 7) is -0.384. The van der Waals surface area contributed by atoms with Gasteiger partial charge in [-0.25, -0.2) is 9.59 Å². The largest absolute Gasteiger partial charge is 0.466 e. The topological polar surface area (TPSA) is 131 Å². The highest BCUT2D eigenvalue weighted by Gasteiger charge is 2.35. The van der Waals surface area contributed by atoms with Gasteiger partial charge in [0.25, 0.3) is 5.56 Å².